The van der Waals surface area contributed by atoms with Gasteiger partial charge in [-0.1, -0.05) is 0 Å². The first-order valence-electron chi connectivity index (χ1n) is 3.03. The van der Waals surface area contributed by atoms with Crippen molar-refractivity contribution in [2.75, 3.05) is 0 Å². The van der Waals surface area contributed by atoms with Crippen LogP contribution >= 0.6 is 0 Å². The van der Waals surface area contributed by atoms with Crippen molar-refractivity contribution in [3.05, 3.63) is 30.5 Å². The van der Waals surface area contributed by atoms with Gasteiger partial charge in [0.25, 0.3) is 0 Å². The zero-order valence-corrected chi connectivity index (χ0v) is 5.24. The summed E-state index contributed by atoms with van der Waals surface area (Å²) in [6, 6.07) is 6.93. The minimum absolute atomic E-state index is 0.277. The molecule has 1 heterocycles. The van der Waals surface area contributed by atoms with Gasteiger partial charge >= 0.3 is 0 Å². The van der Waals surface area contributed by atoms with E-state index in [4.69, 9.17) is 9.52 Å². The highest BCUT2D eigenvalue weighted by Crippen LogP contribution is 2.31. The summed E-state index contributed by atoms with van der Waals surface area (Å²) in [6.07, 6.45) is 1.59. The Morgan fingerprint density at radius 3 is 2.90 bits per heavy atom. The Kier molecular flexibility index (Phi) is 0.947. The molecule has 0 amide bonds. The van der Waals surface area contributed by atoms with Crippen LogP contribution in [0.1, 0.15) is 0 Å². The number of hydrogen-bond donors (Lipinski definition) is 1. The van der Waals surface area contributed by atoms with Crippen molar-refractivity contribution in [3.8, 4) is 17.1 Å². The van der Waals surface area contributed by atoms with Gasteiger partial charge in [0.1, 0.15) is 11.5 Å². The average molecular weight is 134 g/mol. The highest BCUT2D eigenvalue weighted by Gasteiger charge is 2.07. The maximum absolute atomic E-state index is 9.15. The molecule has 1 N–H and O–H groups in total. The monoisotopic (exact) mass is 134 g/mol. The Balaban J connectivity index is 2.78. The van der Waals surface area contributed by atoms with Crippen molar-refractivity contribution in [1.82, 2.24) is 0 Å². The number of aromatic hydroxyl groups is 1. The molecular weight excluding hydrogens is 128 g/mol. The smallest absolute Gasteiger partial charge is 0.137 e. The first-order valence-corrected chi connectivity index (χ1v) is 3.03. The van der Waals surface area contributed by atoms with Gasteiger partial charge in [0, 0.05) is 0 Å². The fraction of sp³-hybridized carbons (Fsp3) is 0. The lowest BCUT2D eigenvalue weighted by atomic mass is 10.2. The molecule has 0 spiro atoms. The van der Waals surface area contributed by atoms with Crippen LogP contribution in [-0.2, 0) is 0 Å². The first-order chi connectivity index (χ1) is 4.88. The molecule has 50 valence electrons. The summed E-state index contributed by atoms with van der Waals surface area (Å²) >= 11 is 0. The normalized spacial score (nSPS) is 10.4. The third kappa shape index (κ3) is 0.589. The van der Waals surface area contributed by atoms with Gasteiger partial charge in [0.2, 0.25) is 0 Å². The van der Waals surface area contributed by atoms with Gasteiger partial charge in [-0.15, -0.1) is 0 Å². The van der Waals surface area contributed by atoms with Crippen molar-refractivity contribution in [2.45, 2.75) is 0 Å². The number of rotatable bonds is 0. The minimum Gasteiger partial charge on any atom is -0.507 e. The Hall–Kier alpha value is -1.44. The average Bonchev–Trinajstić information content (AvgIpc) is 2.34. The van der Waals surface area contributed by atoms with Crippen LogP contribution in [0.15, 0.2) is 34.9 Å². The van der Waals surface area contributed by atoms with E-state index >= 15 is 0 Å². The SMILES string of the molecule is Oc1ccc2occcc1-2. The van der Waals surface area contributed by atoms with Crippen molar-refractivity contribution < 1.29 is 9.52 Å². The fourth-order valence-electron chi connectivity index (χ4n) is 0.979. The maximum Gasteiger partial charge on any atom is 0.137 e. The standard InChI is InChI=1S/C8H6O2/c9-7-3-4-8-6(7)2-1-5-10-8/h1-5,9H. The summed E-state index contributed by atoms with van der Waals surface area (Å²) in [6.45, 7) is 0. The summed E-state index contributed by atoms with van der Waals surface area (Å²) in [4.78, 5) is 0. The summed E-state index contributed by atoms with van der Waals surface area (Å²) in [5, 5.41) is 9.15. The molecule has 2 heteroatoms. The molecular formula is C8H6O2. The van der Waals surface area contributed by atoms with E-state index in [0.29, 0.717) is 0 Å². The van der Waals surface area contributed by atoms with E-state index in [1.54, 1.807) is 24.5 Å². The lowest BCUT2D eigenvalue weighted by molar-refractivity contribution is 0.476. The van der Waals surface area contributed by atoms with Gasteiger partial charge in [-0.25, -0.2) is 0 Å². The van der Waals surface area contributed by atoms with Crippen molar-refractivity contribution >= 4 is 0 Å². The predicted molar refractivity (Wildman–Crippen MR) is 37.0 cm³/mol. The third-order valence-electron chi connectivity index (χ3n) is 1.47. The van der Waals surface area contributed by atoms with Crippen LogP contribution in [0.4, 0.5) is 0 Å². The van der Waals surface area contributed by atoms with Crippen LogP contribution in [-0.4, -0.2) is 5.11 Å². The van der Waals surface area contributed by atoms with Gasteiger partial charge in [-0.3, -0.25) is 0 Å². The highest BCUT2D eigenvalue weighted by atomic mass is 16.3. The number of fused-ring (bicyclic) bond motifs is 1. The molecule has 0 aromatic carbocycles. The molecule has 0 aromatic rings. The summed E-state index contributed by atoms with van der Waals surface area (Å²) in [5.41, 5.74) is 0.766. The lowest BCUT2D eigenvalue weighted by Gasteiger charge is -1.94. The third-order valence-corrected chi connectivity index (χ3v) is 1.47. The molecule has 0 unspecified atom stereocenters. The summed E-state index contributed by atoms with van der Waals surface area (Å²) in [7, 11) is 0. The molecule has 0 saturated carbocycles. The van der Waals surface area contributed by atoms with E-state index in [-0.39, 0.29) is 5.75 Å². The van der Waals surface area contributed by atoms with Crippen LogP contribution in [0, 0.1) is 0 Å². The topological polar surface area (TPSA) is 33.4 Å². The van der Waals surface area contributed by atoms with Crippen LogP contribution in [0.25, 0.3) is 11.3 Å². The van der Waals surface area contributed by atoms with Crippen molar-refractivity contribution in [2.24, 2.45) is 0 Å². The van der Waals surface area contributed by atoms with E-state index in [9.17, 15) is 0 Å². The molecule has 2 rings (SSSR count). The molecule has 0 aromatic heterocycles. The molecule has 1 aliphatic carbocycles. The molecule has 0 bridgehead atoms. The molecule has 0 atom stereocenters. The highest BCUT2D eigenvalue weighted by molar-refractivity contribution is 5.68. The first kappa shape index (κ1) is 5.35. The van der Waals surface area contributed by atoms with Gasteiger partial charge in [0.15, 0.2) is 0 Å². The van der Waals surface area contributed by atoms with Gasteiger partial charge in [0.05, 0.1) is 11.8 Å². The maximum atomic E-state index is 9.15. The molecule has 0 fully saturated rings. The Morgan fingerprint density at radius 1 is 1.20 bits per heavy atom. The quantitative estimate of drug-likeness (QED) is 0.598. The van der Waals surface area contributed by atoms with E-state index in [2.05, 4.69) is 0 Å². The summed E-state index contributed by atoms with van der Waals surface area (Å²) in [5.74, 6) is 0.999. The molecule has 1 aliphatic heterocycles. The predicted octanol–water partition coefficient (Wildman–Crippen LogP) is 2.09. The van der Waals surface area contributed by atoms with Gasteiger partial charge in [-0.2, -0.15) is 0 Å². The molecule has 0 saturated heterocycles. The zero-order valence-electron chi connectivity index (χ0n) is 5.24. The van der Waals surface area contributed by atoms with Gasteiger partial charge in [-0.05, 0) is 24.3 Å². The second-order valence-electron chi connectivity index (χ2n) is 2.11. The lowest BCUT2D eigenvalue weighted by Crippen LogP contribution is -1.69. The van der Waals surface area contributed by atoms with Crippen LogP contribution < -0.4 is 0 Å². The van der Waals surface area contributed by atoms with E-state index in [0.717, 1.165) is 11.3 Å². The fourth-order valence-corrected chi connectivity index (χ4v) is 0.979. The van der Waals surface area contributed by atoms with Crippen LogP contribution in [0.3, 0.4) is 0 Å². The summed E-state index contributed by atoms with van der Waals surface area (Å²) < 4.78 is 5.07. The van der Waals surface area contributed by atoms with E-state index in [1.165, 1.54) is 0 Å². The minimum atomic E-state index is 0.277. The molecule has 2 nitrogen and oxygen atoms in total. The molecule has 0 radical (unpaired) electrons. The zero-order chi connectivity index (χ0) is 6.97. The van der Waals surface area contributed by atoms with Crippen molar-refractivity contribution in [3.63, 3.8) is 0 Å². The van der Waals surface area contributed by atoms with E-state index < -0.39 is 0 Å². The van der Waals surface area contributed by atoms with Gasteiger partial charge < -0.3 is 9.52 Å². The van der Waals surface area contributed by atoms with E-state index in [1.807, 2.05) is 6.07 Å². The second-order valence-corrected chi connectivity index (χ2v) is 2.11. The second kappa shape index (κ2) is 1.77. The van der Waals surface area contributed by atoms with Crippen LogP contribution in [0.2, 0.25) is 0 Å². The van der Waals surface area contributed by atoms with Crippen molar-refractivity contribution in [1.29, 1.82) is 0 Å². The number of hydrogen-bond acceptors (Lipinski definition) is 2. The van der Waals surface area contributed by atoms with Crippen LogP contribution in [0.5, 0.6) is 5.75 Å². The Labute approximate surface area is 58.1 Å². The molecule has 2 aliphatic rings. The molecule has 10 heavy (non-hydrogen) atoms. The Bertz CT molecular complexity index is 311. The largest absolute Gasteiger partial charge is 0.507 e. The Morgan fingerprint density at radius 2 is 2.10 bits per heavy atom.